The Bertz CT molecular complexity index is 1230. The van der Waals surface area contributed by atoms with Gasteiger partial charge in [-0.3, -0.25) is 19.1 Å². The third-order valence-corrected chi connectivity index (χ3v) is 5.29. The topological polar surface area (TPSA) is 120 Å². The Kier molecular flexibility index (Phi) is 7.55. The van der Waals surface area contributed by atoms with E-state index in [1.165, 1.54) is 23.7 Å². The molecule has 1 heterocycles. The minimum Gasteiger partial charge on any atom is -0.497 e. The lowest BCUT2D eigenvalue weighted by Gasteiger charge is -2.25. The number of methoxy groups -OCH3 is 2. The third-order valence-electron chi connectivity index (χ3n) is 5.29. The minimum atomic E-state index is -0.729. The van der Waals surface area contributed by atoms with Crippen molar-refractivity contribution in [2.75, 3.05) is 31.4 Å². The third kappa shape index (κ3) is 5.08. The van der Waals surface area contributed by atoms with Gasteiger partial charge in [-0.1, -0.05) is 43.7 Å². The molecule has 0 aliphatic carbocycles. The first-order valence-electron chi connectivity index (χ1n) is 10.6. The van der Waals surface area contributed by atoms with Crippen LogP contribution in [-0.4, -0.2) is 36.2 Å². The number of ether oxygens (including phenoxy) is 2. The summed E-state index contributed by atoms with van der Waals surface area (Å²) in [4.78, 5) is 42.7. The molecule has 0 aliphatic heterocycles. The van der Waals surface area contributed by atoms with E-state index >= 15 is 0 Å². The molecule has 9 nitrogen and oxygen atoms in total. The number of carbonyl (C=O) groups is 1. The summed E-state index contributed by atoms with van der Waals surface area (Å²) in [5, 5.41) is 0. The molecule has 0 saturated heterocycles. The molecular weight excluding hydrogens is 424 g/mol. The van der Waals surface area contributed by atoms with Gasteiger partial charge < -0.3 is 20.1 Å². The van der Waals surface area contributed by atoms with Crippen molar-refractivity contribution in [3.63, 3.8) is 0 Å². The molecule has 0 unspecified atom stereocenters. The van der Waals surface area contributed by atoms with Crippen LogP contribution in [0.25, 0.3) is 0 Å². The molecule has 0 atom stereocenters. The summed E-state index contributed by atoms with van der Waals surface area (Å²) in [7, 11) is 2.95. The highest BCUT2D eigenvalue weighted by Gasteiger charge is 2.27. The summed E-state index contributed by atoms with van der Waals surface area (Å²) in [6, 6.07) is 14.1. The first kappa shape index (κ1) is 23.6. The van der Waals surface area contributed by atoms with E-state index in [0.717, 1.165) is 12.0 Å². The van der Waals surface area contributed by atoms with Crippen molar-refractivity contribution < 1.29 is 14.3 Å². The molecule has 0 radical (unpaired) electrons. The Balaban J connectivity index is 2.15. The second-order valence-corrected chi connectivity index (χ2v) is 7.44. The second-order valence-electron chi connectivity index (χ2n) is 7.44. The average molecular weight is 453 g/mol. The van der Waals surface area contributed by atoms with Crippen molar-refractivity contribution in [1.29, 1.82) is 0 Å². The van der Waals surface area contributed by atoms with Crippen LogP contribution in [0, 0.1) is 0 Å². The lowest BCUT2D eigenvalue weighted by molar-refractivity contribution is 0.0983. The van der Waals surface area contributed by atoms with Crippen LogP contribution >= 0.6 is 0 Å². The second kappa shape index (κ2) is 10.5. The summed E-state index contributed by atoms with van der Waals surface area (Å²) in [5.41, 5.74) is 5.93. The van der Waals surface area contributed by atoms with Crippen LogP contribution in [0.4, 0.5) is 11.5 Å². The maximum atomic E-state index is 13.7. The molecule has 0 bridgehead atoms. The number of nitrogens with zero attached hydrogens (tertiary/aromatic N) is 2. The zero-order chi connectivity index (χ0) is 24.0. The molecule has 1 amide bonds. The van der Waals surface area contributed by atoms with Crippen LogP contribution in [0.5, 0.6) is 11.5 Å². The standard InChI is InChI=1S/C24H28N4O5/c1-4-5-13-27(23(30)18-14-17(32-2)11-12-19(18)33-3)20-21(25)28(24(31)26-22(20)29)15-16-9-7-6-8-10-16/h6-12,14H,4-5,13,15,25H2,1-3H3,(H,26,29,31). The number of amides is 1. The fourth-order valence-corrected chi connectivity index (χ4v) is 3.52. The number of nitrogens with one attached hydrogen (secondary N) is 1. The van der Waals surface area contributed by atoms with Gasteiger partial charge in [-0.2, -0.15) is 0 Å². The summed E-state index contributed by atoms with van der Waals surface area (Å²) in [5.74, 6) is 0.223. The molecule has 0 spiro atoms. The number of aromatic nitrogens is 2. The molecule has 1 aromatic heterocycles. The fourth-order valence-electron chi connectivity index (χ4n) is 3.52. The number of hydrogen-bond donors (Lipinski definition) is 2. The maximum Gasteiger partial charge on any atom is 0.330 e. The fraction of sp³-hybridized carbons (Fsp3) is 0.292. The number of aromatic amines is 1. The normalized spacial score (nSPS) is 10.6. The van der Waals surface area contributed by atoms with Crippen molar-refractivity contribution >= 4 is 17.4 Å². The van der Waals surface area contributed by atoms with E-state index in [9.17, 15) is 14.4 Å². The predicted octanol–water partition coefficient (Wildman–Crippen LogP) is 2.63. The number of H-pyrrole nitrogens is 1. The predicted molar refractivity (Wildman–Crippen MR) is 127 cm³/mol. The van der Waals surface area contributed by atoms with E-state index in [1.807, 2.05) is 37.3 Å². The van der Waals surface area contributed by atoms with Crippen molar-refractivity contribution in [2.45, 2.75) is 26.3 Å². The maximum absolute atomic E-state index is 13.7. The number of rotatable bonds is 9. The first-order valence-corrected chi connectivity index (χ1v) is 10.6. The van der Waals surface area contributed by atoms with Crippen molar-refractivity contribution in [3.05, 3.63) is 80.5 Å². The zero-order valence-electron chi connectivity index (χ0n) is 19.0. The Morgan fingerprint density at radius 3 is 2.45 bits per heavy atom. The van der Waals surface area contributed by atoms with Crippen LogP contribution in [0.1, 0.15) is 35.7 Å². The molecule has 0 aliphatic rings. The van der Waals surface area contributed by atoms with Gasteiger partial charge in [0.15, 0.2) is 5.69 Å². The van der Waals surface area contributed by atoms with Crippen molar-refractivity contribution in [1.82, 2.24) is 9.55 Å². The van der Waals surface area contributed by atoms with Gasteiger partial charge in [0, 0.05) is 6.54 Å². The van der Waals surface area contributed by atoms with E-state index < -0.39 is 17.2 Å². The Hall–Kier alpha value is -4.01. The van der Waals surface area contributed by atoms with Gasteiger partial charge in [0.2, 0.25) is 0 Å². The Labute approximate surface area is 191 Å². The lowest BCUT2D eigenvalue weighted by Crippen LogP contribution is -2.41. The highest BCUT2D eigenvalue weighted by atomic mass is 16.5. The van der Waals surface area contributed by atoms with E-state index in [-0.39, 0.29) is 30.2 Å². The van der Waals surface area contributed by atoms with Gasteiger partial charge in [-0.15, -0.1) is 0 Å². The molecular formula is C24H28N4O5. The van der Waals surface area contributed by atoms with Crippen LogP contribution in [0.3, 0.4) is 0 Å². The highest BCUT2D eigenvalue weighted by molar-refractivity contribution is 6.09. The Morgan fingerprint density at radius 1 is 1.09 bits per heavy atom. The number of nitrogen functional groups attached to an aromatic ring is 1. The molecule has 174 valence electrons. The number of benzene rings is 2. The number of unbranched alkanes of at least 4 members (excludes halogenated alkanes) is 1. The number of anilines is 2. The minimum absolute atomic E-state index is 0.0751. The largest absolute Gasteiger partial charge is 0.497 e. The van der Waals surface area contributed by atoms with Crippen LogP contribution < -0.4 is 31.4 Å². The molecule has 3 N–H and O–H groups in total. The summed E-state index contributed by atoms with van der Waals surface area (Å²) >= 11 is 0. The van der Waals surface area contributed by atoms with Gasteiger partial charge in [0.25, 0.3) is 11.5 Å². The van der Waals surface area contributed by atoms with Gasteiger partial charge in [-0.25, -0.2) is 4.79 Å². The van der Waals surface area contributed by atoms with Crippen LogP contribution in [-0.2, 0) is 6.54 Å². The molecule has 3 rings (SSSR count). The number of nitrogens with two attached hydrogens (primary N) is 1. The number of carbonyl (C=O) groups excluding carboxylic acids is 1. The summed E-state index contributed by atoms with van der Waals surface area (Å²) < 4.78 is 11.9. The monoisotopic (exact) mass is 452 g/mol. The SMILES string of the molecule is CCCCN(C(=O)c1cc(OC)ccc1OC)c1c(N)n(Cc2ccccc2)c(=O)[nH]c1=O. The Morgan fingerprint density at radius 2 is 1.82 bits per heavy atom. The molecule has 0 fully saturated rings. The quantitative estimate of drug-likeness (QED) is 0.515. The number of hydrogen-bond acceptors (Lipinski definition) is 6. The van der Waals surface area contributed by atoms with Gasteiger partial charge in [-0.05, 0) is 30.2 Å². The van der Waals surface area contributed by atoms with E-state index in [4.69, 9.17) is 15.2 Å². The highest BCUT2D eigenvalue weighted by Crippen LogP contribution is 2.28. The smallest absolute Gasteiger partial charge is 0.330 e. The van der Waals surface area contributed by atoms with Gasteiger partial charge in [0.05, 0.1) is 26.3 Å². The lowest BCUT2D eigenvalue weighted by atomic mass is 10.1. The summed E-state index contributed by atoms with van der Waals surface area (Å²) in [6.07, 6.45) is 1.40. The zero-order valence-corrected chi connectivity index (χ0v) is 19.0. The van der Waals surface area contributed by atoms with Crippen LogP contribution in [0.2, 0.25) is 0 Å². The van der Waals surface area contributed by atoms with E-state index in [1.54, 1.807) is 18.2 Å². The molecule has 0 saturated carbocycles. The first-order chi connectivity index (χ1) is 15.9. The van der Waals surface area contributed by atoms with E-state index in [2.05, 4.69) is 4.98 Å². The molecule has 33 heavy (non-hydrogen) atoms. The molecule has 9 heteroatoms. The van der Waals surface area contributed by atoms with E-state index in [0.29, 0.717) is 17.9 Å². The van der Waals surface area contributed by atoms with Crippen LogP contribution in [0.15, 0.2) is 58.1 Å². The van der Waals surface area contributed by atoms with Crippen molar-refractivity contribution in [2.24, 2.45) is 0 Å². The van der Waals surface area contributed by atoms with Crippen molar-refractivity contribution in [3.8, 4) is 11.5 Å². The summed E-state index contributed by atoms with van der Waals surface area (Å²) in [6.45, 7) is 2.35. The van der Waals surface area contributed by atoms with Gasteiger partial charge >= 0.3 is 5.69 Å². The van der Waals surface area contributed by atoms with Gasteiger partial charge in [0.1, 0.15) is 17.3 Å². The molecule has 2 aromatic carbocycles. The average Bonchev–Trinajstić information content (AvgIpc) is 2.83. The molecule has 3 aromatic rings.